The van der Waals surface area contributed by atoms with Gasteiger partial charge in [0.15, 0.2) is 0 Å². The highest BCUT2D eigenvalue weighted by Gasteiger charge is 2.36. The molecule has 3 aromatic rings. The minimum atomic E-state index is -0.505. The molecule has 2 aliphatic rings. The van der Waals surface area contributed by atoms with Gasteiger partial charge in [0.1, 0.15) is 6.10 Å². The second-order valence-corrected chi connectivity index (χ2v) is 7.60. The first-order valence-electron chi connectivity index (χ1n) is 9.05. The molecule has 128 valence electrons. The molecule has 0 saturated carbocycles. The van der Waals surface area contributed by atoms with Crippen LogP contribution in [0.2, 0.25) is 0 Å². The summed E-state index contributed by atoms with van der Waals surface area (Å²) < 4.78 is 2.46. The maximum atomic E-state index is 11.1. The van der Waals surface area contributed by atoms with E-state index in [1.54, 1.807) is 12.4 Å². The van der Waals surface area contributed by atoms with Crippen LogP contribution in [-0.4, -0.2) is 33.1 Å². The summed E-state index contributed by atoms with van der Waals surface area (Å²) in [6, 6.07) is 8.57. The van der Waals surface area contributed by atoms with Crippen LogP contribution in [0.1, 0.15) is 40.1 Å². The van der Waals surface area contributed by atoms with Gasteiger partial charge in [-0.05, 0) is 55.3 Å². The van der Waals surface area contributed by atoms with E-state index < -0.39 is 6.10 Å². The predicted octanol–water partition coefficient (Wildman–Crippen LogP) is 3.16. The van der Waals surface area contributed by atoms with Gasteiger partial charge in [-0.3, -0.25) is 4.98 Å². The van der Waals surface area contributed by atoms with E-state index in [0.717, 1.165) is 31.5 Å². The first-order valence-corrected chi connectivity index (χ1v) is 9.05. The Morgan fingerprint density at radius 2 is 2.04 bits per heavy atom. The fourth-order valence-electron chi connectivity index (χ4n) is 4.77. The average molecular weight is 333 g/mol. The fraction of sp³-hybridized carbons (Fsp3) is 0.381. The predicted molar refractivity (Wildman–Crippen MR) is 98.7 cm³/mol. The lowest BCUT2D eigenvalue weighted by molar-refractivity contribution is 0.116. The summed E-state index contributed by atoms with van der Waals surface area (Å²) in [5, 5.41) is 12.5. The maximum Gasteiger partial charge on any atom is 0.100 e. The Kier molecular flexibility index (Phi) is 3.27. The second kappa shape index (κ2) is 5.41. The molecule has 0 aliphatic carbocycles. The molecule has 4 heteroatoms. The van der Waals surface area contributed by atoms with Gasteiger partial charge in [-0.25, -0.2) is 0 Å². The molecule has 4 heterocycles. The molecule has 0 saturated heterocycles. The number of likely N-dealkylation sites (N-methyl/N-ethyl adjacent to an activating group) is 1. The number of nitrogens with zero attached hydrogens (tertiary/aromatic N) is 3. The summed E-state index contributed by atoms with van der Waals surface area (Å²) in [6.45, 7) is 4.26. The zero-order chi connectivity index (χ0) is 17.1. The molecule has 1 N–H and O–H groups in total. The van der Waals surface area contributed by atoms with Gasteiger partial charge >= 0.3 is 0 Å². The van der Waals surface area contributed by atoms with Crippen molar-refractivity contribution in [2.45, 2.75) is 38.5 Å². The molecule has 0 spiro atoms. The van der Waals surface area contributed by atoms with Crippen LogP contribution in [0, 0.1) is 6.92 Å². The molecule has 2 atom stereocenters. The lowest BCUT2D eigenvalue weighted by Crippen LogP contribution is -2.28. The number of hydrogen-bond acceptors (Lipinski definition) is 3. The van der Waals surface area contributed by atoms with E-state index in [1.165, 1.54) is 33.3 Å². The van der Waals surface area contributed by atoms with Crippen molar-refractivity contribution in [2.24, 2.45) is 0 Å². The summed E-state index contributed by atoms with van der Waals surface area (Å²) in [5.41, 5.74) is 7.88. The van der Waals surface area contributed by atoms with Crippen LogP contribution in [0.5, 0.6) is 0 Å². The Labute approximate surface area is 147 Å². The Morgan fingerprint density at radius 3 is 2.84 bits per heavy atom. The molecule has 0 fully saturated rings. The fourth-order valence-corrected chi connectivity index (χ4v) is 4.77. The van der Waals surface area contributed by atoms with Crippen LogP contribution in [0.3, 0.4) is 0 Å². The van der Waals surface area contributed by atoms with Gasteiger partial charge in [0, 0.05) is 43.0 Å². The lowest BCUT2D eigenvalue weighted by Gasteiger charge is -2.28. The van der Waals surface area contributed by atoms with Gasteiger partial charge in [-0.1, -0.05) is 11.6 Å². The van der Waals surface area contributed by atoms with Crippen LogP contribution >= 0.6 is 0 Å². The van der Waals surface area contributed by atoms with Crippen LogP contribution in [-0.2, 0) is 19.4 Å². The van der Waals surface area contributed by atoms with E-state index in [9.17, 15) is 5.11 Å². The van der Waals surface area contributed by atoms with E-state index in [4.69, 9.17) is 0 Å². The number of rotatable bonds is 2. The highest BCUT2D eigenvalue weighted by atomic mass is 16.3. The maximum absolute atomic E-state index is 11.1. The summed E-state index contributed by atoms with van der Waals surface area (Å²) in [6.07, 6.45) is 4.98. The molecule has 4 nitrogen and oxygen atoms in total. The van der Waals surface area contributed by atoms with E-state index in [1.807, 2.05) is 12.1 Å². The van der Waals surface area contributed by atoms with Gasteiger partial charge in [-0.2, -0.15) is 0 Å². The molecular weight excluding hydrogens is 310 g/mol. The van der Waals surface area contributed by atoms with Gasteiger partial charge in [0.05, 0.1) is 11.6 Å². The first kappa shape index (κ1) is 15.1. The number of pyridine rings is 1. The monoisotopic (exact) mass is 333 g/mol. The third-order valence-electron chi connectivity index (χ3n) is 5.87. The number of aliphatic hydroxyl groups is 1. The van der Waals surface area contributed by atoms with E-state index in [0.29, 0.717) is 0 Å². The van der Waals surface area contributed by atoms with Crippen molar-refractivity contribution in [2.75, 3.05) is 13.6 Å². The van der Waals surface area contributed by atoms with Crippen LogP contribution < -0.4 is 0 Å². The summed E-state index contributed by atoms with van der Waals surface area (Å²) in [4.78, 5) is 6.48. The average Bonchev–Trinajstić information content (AvgIpc) is 3.14. The number of aryl methyl sites for hydroxylation is 1. The summed E-state index contributed by atoms with van der Waals surface area (Å²) in [5.74, 6) is 0. The molecule has 2 unspecified atom stereocenters. The molecule has 2 aromatic heterocycles. The van der Waals surface area contributed by atoms with Crippen molar-refractivity contribution < 1.29 is 5.11 Å². The zero-order valence-corrected chi connectivity index (χ0v) is 14.7. The molecule has 5 rings (SSSR count). The van der Waals surface area contributed by atoms with Crippen LogP contribution in [0.4, 0.5) is 0 Å². The second-order valence-electron chi connectivity index (χ2n) is 7.60. The summed E-state index contributed by atoms with van der Waals surface area (Å²) >= 11 is 0. The Hall–Kier alpha value is -2.17. The molecule has 2 aliphatic heterocycles. The number of fused-ring (bicyclic) bond motifs is 3. The standard InChI is InChI=1S/C21H23N3O/c1-13-9-15-11-19(21(25)14-3-6-22-7-4-14)24-18-5-8-23(2)12-17(18)16(10-13)20(15)24/h3-4,6-7,9-10,19,21,25H,5,8,11-12H2,1-2H3. The SMILES string of the molecule is Cc1cc2c3c(c1)c1c(n3C(C(O)c3ccncc3)C2)CCN(C)C1. The topological polar surface area (TPSA) is 41.3 Å². The van der Waals surface area contributed by atoms with Crippen molar-refractivity contribution in [1.82, 2.24) is 14.5 Å². The first-order chi connectivity index (χ1) is 12.1. The Balaban J connectivity index is 1.71. The lowest BCUT2D eigenvalue weighted by atomic mass is 9.95. The smallest absolute Gasteiger partial charge is 0.100 e. The van der Waals surface area contributed by atoms with Crippen molar-refractivity contribution in [3.05, 3.63) is 64.6 Å². The normalized spacial score (nSPS) is 20.8. The van der Waals surface area contributed by atoms with E-state index >= 15 is 0 Å². The third kappa shape index (κ3) is 2.17. The third-order valence-corrected chi connectivity index (χ3v) is 5.87. The zero-order valence-electron chi connectivity index (χ0n) is 14.7. The van der Waals surface area contributed by atoms with Gasteiger partial charge < -0.3 is 14.6 Å². The highest BCUT2D eigenvalue weighted by Crippen LogP contribution is 2.45. The van der Waals surface area contributed by atoms with Crippen molar-refractivity contribution in [3.63, 3.8) is 0 Å². The van der Waals surface area contributed by atoms with Gasteiger partial charge in [0.25, 0.3) is 0 Å². The molecule has 1 aromatic carbocycles. The van der Waals surface area contributed by atoms with Crippen LogP contribution in [0.15, 0.2) is 36.7 Å². The number of aromatic nitrogens is 2. The van der Waals surface area contributed by atoms with Crippen LogP contribution in [0.25, 0.3) is 10.9 Å². The minimum Gasteiger partial charge on any atom is -0.386 e. The molecular formula is C21H23N3O. The van der Waals surface area contributed by atoms with Gasteiger partial charge in [0.2, 0.25) is 0 Å². The number of aliphatic hydroxyl groups excluding tert-OH is 1. The minimum absolute atomic E-state index is 0.0776. The quantitative estimate of drug-likeness (QED) is 0.783. The van der Waals surface area contributed by atoms with Crippen molar-refractivity contribution >= 4 is 10.9 Å². The largest absolute Gasteiger partial charge is 0.386 e. The van der Waals surface area contributed by atoms with Crippen molar-refractivity contribution in [3.8, 4) is 0 Å². The molecule has 0 amide bonds. The van der Waals surface area contributed by atoms with E-state index in [2.05, 4.69) is 40.6 Å². The van der Waals surface area contributed by atoms with E-state index in [-0.39, 0.29) is 6.04 Å². The Bertz CT molecular complexity index is 960. The molecule has 25 heavy (non-hydrogen) atoms. The molecule has 0 bridgehead atoms. The number of benzene rings is 1. The van der Waals surface area contributed by atoms with Gasteiger partial charge in [-0.15, -0.1) is 0 Å². The summed E-state index contributed by atoms with van der Waals surface area (Å²) in [7, 11) is 2.19. The number of hydrogen-bond donors (Lipinski definition) is 1. The molecule has 0 radical (unpaired) electrons. The van der Waals surface area contributed by atoms with Crippen molar-refractivity contribution in [1.29, 1.82) is 0 Å². The Morgan fingerprint density at radius 1 is 1.24 bits per heavy atom. The highest BCUT2D eigenvalue weighted by molar-refractivity contribution is 5.90.